The first-order chi connectivity index (χ1) is 26.3. The molecular formula is C41H45N6O8+. The Labute approximate surface area is 317 Å². The van der Waals surface area contributed by atoms with Crippen LogP contribution < -0.4 is 26.5 Å². The third kappa shape index (κ3) is 7.08. The van der Waals surface area contributed by atoms with Crippen LogP contribution in [0.3, 0.4) is 0 Å². The summed E-state index contributed by atoms with van der Waals surface area (Å²) < 4.78 is 24.4. The summed E-state index contributed by atoms with van der Waals surface area (Å²) in [6.07, 6.45) is 7.29. The molecule has 4 aliphatic heterocycles. The van der Waals surface area contributed by atoms with Gasteiger partial charge < -0.3 is 40.3 Å². The Balaban J connectivity index is 0.976. The number of unbranched alkanes of at least 4 members (excludes halogenated alkanes) is 1. The summed E-state index contributed by atoms with van der Waals surface area (Å²) in [4.78, 5) is 41.7. The number of epoxide rings is 1. The van der Waals surface area contributed by atoms with E-state index in [1.54, 1.807) is 32.9 Å². The van der Waals surface area contributed by atoms with Gasteiger partial charge in [0.1, 0.15) is 76.6 Å². The van der Waals surface area contributed by atoms with Gasteiger partial charge in [-0.1, -0.05) is 0 Å². The Kier molecular flexibility index (Phi) is 9.22. The SMILES string of the molecule is Cc1cc(=O)c2c(O)c3c(cc2o1)OC(C)(C)C(OC(=O)C1(CCCCO)OC1CCc1cc(N)nc(-c2cc(N)nc(C[NH+]4C=C5N=CC=C5C4)c2)c1)C3. The summed E-state index contributed by atoms with van der Waals surface area (Å²) in [6.45, 7) is 6.73. The number of carbonyl (C=O) groups is 1. The molecule has 7 N–H and O–H groups in total. The highest BCUT2D eigenvalue weighted by Gasteiger charge is 2.63. The molecule has 4 aliphatic rings. The quantitative estimate of drug-likeness (QED) is 0.0803. The number of hydrogen-bond acceptors (Lipinski definition) is 13. The molecule has 0 aliphatic carbocycles. The van der Waals surface area contributed by atoms with Gasteiger partial charge in [0.25, 0.3) is 0 Å². The summed E-state index contributed by atoms with van der Waals surface area (Å²) in [5.41, 5.74) is 16.0. The van der Waals surface area contributed by atoms with Gasteiger partial charge in [0.15, 0.2) is 11.0 Å². The number of hydrogen-bond donors (Lipinski definition) is 5. The standard InChI is InChI=1S/C41H44N6O8/c1-22-12-30(49)37-32(52-22)18-31-27(38(37)50)17-34(40(2,3)54-31)53-39(51)41(9-4-5-11-48)33(55-41)7-6-23-13-28(46-35(42)14-23)25-15-26(45-36(43)16-25)20-47-19-24-8-10-44-29(24)21-47/h8,10,12-16,18,21,33-34,48,50H,4-7,9,11,17,19-20H2,1-3H3,(H2,42,46)(H2,43,45)/p+1. The molecule has 0 amide bonds. The molecule has 7 heterocycles. The third-order valence-corrected chi connectivity index (χ3v) is 10.9. The lowest BCUT2D eigenvalue weighted by Gasteiger charge is -2.39. The molecule has 0 radical (unpaired) electrons. The van der Waals surface area contributed by atoms with Crippen LogP contribution in [0.15, 0.2) is 74.1 Å². The van der Waals surface area contributed by atoms with Gasteiger partial charge in [-0.05, 0) is 88.8 Å². The Hall–Kier alpha value is -5.57. The number of nitrogens with zero attached hydrogens (tertiary/aromatic N) is 3. The number of phenolic OH excluding ortho intramolecular Hbond substituents is 1. The molecule has 4 atom stereocenters. The van der Waals surface area contributed by atoms with E-state index in [1.165, 1.54) is 16.5 Å². The van der Waals surface area contributed by atoms with Crippen molar-refractivity contribution in [1.29, 1.82) is 0 Å². The molecule has 1 saturated heterocycles. The number of allylic oxidation sites excluding steroid dienone is 1. The maximum absolute atomic E-state index is 14.1. The van der Waals surface area contributed by atoms with Crippen molar-refractivity contribution in [1.82, 2.24) is 9.97 Å². The van der Waals surface area contributed by atoms with Crippen molar-refractivity contribution in [2.45, 2.75) is 89.3 Å². The predicted octanol–water partition coefficient (Wildman–Crippen LogP) is 3.24. The van der Waals surface area contributed by atoms with Gasteiger partial charge in [-0.15, -0.1) is 0 Å². The van der Waals surface area contributed by atoms with E-state index < -0.39 is 29.4 Å². The number of anilines is 2. The summed E-state index contributed by atoms with van der Waals surface area (Å²) in [6, 6.07) is 10.5. The van der Waals surface area contributed by atoms with Crippen molar-refractivity contribution in [2.24, 2.45) is 4.99 Å². The third-order valence-electron chi connectivity index (χ3n) is 10.9. The van der Waals surface area contributed by atoms with Gasteiger partial charge in [-0.25, -0.2) is 14.8 Å². The normalized spacial score (nSPS) is 23.2. The molecule has 4 unspecified atom stereocenters. The topological polar surface area (TPSA) is 213 Å². The molecule has 3 aromatic heterocycles. The van der Waals surface area contributed by atoms with Crippen LogP contribution in [0.5, 0.6) is 11.5 Å². The number of ether oxygens (including phenoxy) is 3. The number of aliphatic hydroxyl groups is 1. The number of esters is 1. The lowest BCUT2D eigenvalue weighted by atomic mass is 9.89. The van der Waals surface area contributed by atoms with Crippen molar-refractivity contribution < 1.29 is 38.5 Å². The highest BCUT2D eigenvalue weighted by molar-refractivity contribution is 5.87. The number of pyridine rings is 2. The van der Waals surface area contributed by atoms with Gasteiger partial charge in [0.05, 0.1) is 17.5 Å². The summed E-state index contributed by atoms with van der Waals surface area (Å²) in [7, 11) is 0. The molecule has 1 fully saturated rings. The number of nitrogen functional groups attached to an aromatic ring is 2. The number of aromatic hydroxyl groups is 1. The summed E-state index contributed by atoms with van der Waals surface area (Å²) in [5.74, 6) is 0.723. The Morgan fingerprint density at radius 3 is 2.71 bits per heavy atom. The van der Waals surface area contributed by atoms with Gasteiger partial charge in [0.2, 0.25) is 0 Å². The van der Waals surface area contributed by atoms with Crippen molar-refractivity contribution >= 4 is 34.8 Å². The fourth-order valence-electron chi connectivity index (χ4n) is 7.98. The number of rotatable bonds is 12. The number of quaternary nitrogens is 1. The Morgan fingerprint density at radius 1 is 1.09 bits per heavy atom. The molecule has 286 valence electrons. The van der Waals surface area contributed by atoms with Crippen LogP contribution in [0.2, 0.25) is 0 Å². The fourth-order valence-corrected chi connectivity index (χ4v) is 7.98. The van der Waals surface area contributed by atoms with Crippen LogP contribution in [0, 0.1) is 6.92 Å². The number of carbonyl (C=O) groups excluding carboxylic acids is 1. The Morgan fingerprint density at radius 2 is 1.91 bits per heavy atom. The van der Waals surface area contributed by atoms with Crippen molar-refractivity contribution in [3.63, 3.8) is 0 Å². The molecule has 14 heteroatoms. The first-order valence-electron chi connectivity index (χ1n) is 18.6. The highest BCUT2D eigenvalue weighted by atomic mass is 16.7. The minimum Gasteiger partial charge on any atom is -0.507 e. The minimum atomic E-state index is -1.21. The predicted molar refractivity (Wildman–Crippen MR) is 205 cm³/mol. The maximum atomic E-state index is 14.1. The van der Waals surface area contributed by atoms with Crippen LogP contribution in [-0.4, -0.2) is 68.9 Å². The van der Waals surface area contributed by atoms with Crippen LogP contribution >= 0.6 is 0 Å². The number of aryl methyl sites for hydroxylation is 2. The highest BCUT2D eigenvalue weighted by Crippen LogP contribution is 2.47. The number of aliphatic imine (C=N–C) groups is 1. The van der Waals surface area contributed by atoms with Gasteiger partial charge >= 0.3 is 5.97 Å². The second-order valence-corrected chi connectivity index (χ2v) is 15.4. The zero-order valence-corrected chi connectivity index (χ0v) is 31.1. The van der Waals surface area contributed by atoms with Gasteiger partial charge in [-0.2, -0.15) is 0 Å². The minimum absolute atomic E-state index is 0.0131. The zero-order chi connectivity index (χ0) is 38.6. The molecule has 1 aromatic carbocycles. The molecule has 0 saturated carbocycles. The van der Waals surface area contributed by atoms with E-state index in [0.717, 1.165) is 29.1 Å². The number of nitrogens with two attached hydrogens (primary N) is 2. The average Bonchev–Trinajstić information content (AvgIpc) is 3.43. The second-order valence-electron chi connectivity index (χ2n) is 15.4. The maximum Gasteiger partial charge on any atom is 0.341 e. The first-order valence-corrected chi connectivity index (χ1v) is 18.6. The van der Waals surface area contributed by atoms with E-state index in [4.69, 9.17) is 30.1 Å². The fraction of sp³-hybridized carbons (Fsp3) is 0.390. The second kappa shape index (κ2) is 13.9. The monoisotopic (exact) mass is 749 g/mol. The van der Waals surface area contributed by atoms with Crippen LogP contribution in [0.1, 0.15) is 62.1 Å². The number of aliphatic hydroxyl groups excluding tert-OH is 1. The zero-order valence-electron chi connectivity index (χ0n) is 31.1. The molecule has 55 heavy (non-hydrogen) atoms. The van der Waals surface area contributed by atoms with E-state index in [1.807, 2.05) is 30.5 Å². The van der Waals surface area contributed by atoms with E-state index in [9.17, 15) is 19.8 Å². The van der Waals surface area contributed by atoms with Gasteiger partial charge in [0, 0.05) is 48.1 Å². The van der Waals surface area contributed by atoms with Gasteiger partial charge in [-0.3, -0.25) is 14.7 Å². The van der Waals surface area contributed by atoms with Crippen molar-refractivity contribution in [3.8, 4) is 22.8 Å². The van der Waals surface area contributed by atoms with Crippen LogP contribution in [0.4, 0.5) is 11.6 Å². The summed E-state index contributed by atoms with van der Waals surface area (Å²) in [5, 5.41) is 20.8. The van der Waals surface area contributed by atoms with E-state index >= 15 is 0 Å². The van der Waals surface area contributed by atoms with E-state index in [0.29, 0.717) is 73.1 Å². The molecule has 14 nitrogen and oxygen atoms in total. The summed E-state index contributed by atoms with van der Waals surface area (Å²) >= 11 is 0. The number of benzene rings is 1. The smallest absolute Gasteiger partial charge is 0.341 e. The first kappa shape index (κ1) is 36.4. The average molecular weight is 750 g/mol. The van der Waals surface area contributed by atoms with Crippen molar-refractivity contribution in [3.05, 3.63) is 92.7 Å². The molecule has 0 bridgehead atoms. The molecule has 0 spiro atoms. The number of aromatic nitrogens is 2. The Bertz CT molecular complexity index is 2370. The van der Waals surface area contributed by atoms with Crippen LogP contribution in [0.25, 0.3) is 22.2 Å². The largest absolute Gasteiger partial charge is 0.507 e. The molecular weight excluding hydrogens is 704 g/mol. The van der Waals surface area contributed by atoms with Crippen molar-refractivity contribution in [2.75, 3.05) is 24.6 Å². The lowest BCUT2D eigenvalue weighted by Crippen LogP contribution is -3.04. The van der Waals surface area contributed by atoms with E-state index in [-0.39, 0.29) is 35.2 Å². The number of nitrogens with one attached hydrogen (secondary N) is 1. The molecule has 8 rings (SSSR count). The van der Waals surface area contributed by atoms with Crippen LogP contribution in [-0.2, 0) is 33.7 Å². The number of fused-ring (bicyclic) bond motifs is 3. The number of phenols is 1. The molecule has 4 aromatic rings. The lowest BCUT2D eigenvalue weighted by molar-refractivity contribution is -0.852. The van der Waals surface area contributed by atoms with E-state index in [2.05, 4.69) is 21.2 Å².